The number of carbonyl (C=O) groups excluding carboxylic acids is 1. The lowest BCUT2D eigenvalue weighted by atomic mass is 10.2. The van der Waals surface area contributed by atoms with Crippen LogP contribution in [0.1, 0.15) is 26.2 Å². The highest BCUT2D eigenvalue weighted by atomic mass is 35.5. The largest absolute Gasteiger partial charge is 0.493 e. The molecule has 0 aliphatic heterocycles. The molecule has 0 saturated heterocycles. The molecule has 1 amide bonds. The molecule has 0 spiro atoms. The summed E-state index contributed by atoms with van der Waals surface area (Å²) in [5.41, 5.74) is 0. The molecule has 4 nitrogen and oxygen atoms in total. The SMILES string of the molecule is CC(O)CCCNC(=O)CCOc1cccc(Cl)c1. The van der Waals surface area contributed by atoms with Gasteiger partial charge in [0.15, 0.2) is 0 Å². The van der Waals surface area contributed by atoms with Crippen molar-refractivity contribution in [1.29, 1.82) is 0 Å². The summed E-state index contributed by atoms with van der Waals surface area (Å²) in [5.74, 6) is 0.613. The third kappa shape index (κ3) is 7.70. The van der Waals surface area contributed by atoms with E-state index in [4.69, 9.17) is 21.4 Å². The van der Waals surface area contributed by atoms with Crippen molar-refractivity contribution in [2.75, 3.05) is 13.2 Å². The van der Waals surface area contributed by atoms with Gasteiger partial charge in [0.1, 0.15) is 5.75 Å². The van der Waals surface area contributed by atoms with Gasteiger partial charge < -0.3 is 15.2 Å². The first-order chi connectivity index (χ1) is 9.08. The zero-order valence-electron chi connectivity index (χ0n) is 11.1. The van der Waals surface area contributed by atoms with Crippen molar-refractivity contribution in [3.05, 3.63) is 29.3 Å². The highest BCUT2D eigenvalue weighted by molar-refractivity contribution is 6.30. The Kier molecular flexibility index (Phi) is 7.30. The zero-order valence-corrected chi connectivity index (χ0v) is 11.8. The maximum absolute atomic E-state index is 11.5. The standard InChI is InChI=1S/C14H20ClNO3/c1-11(17)4-3-8-16-14(18)7-9-19-13-6-2-5-12(15)10-13/h2,5-6,10-11,17H,3-4,7-9H2,1H3,(H,16,18). The lowest BCUT2D eigenvalue weighted by Gasteiger charge is -2.08. The number of aliphatic hydroxyl groups excluding tert-OH is 1. The summed E-state index contributed by atoms with van der Waals surface area (Å²) in [6, 6.07) is 7.07. The third-order valence-electron chi connectivity index (χ3n) is 2.51. The Bertz CT molecular complexity index is 396. The van der Waals surface area contributed by atoms with E-state index in [1.165, 1.54) is 0 Å². The molecule has 1 aromatic rings. The van der Waals surface area contributed by atoms with Gasteiger partial charge in [0.2, 0.25) is 5.91 Å². The van der Waals surface area contributed by atoms with E-state index in [1.807, 2.05) is 0 Å². The van der Waals surface area contributed by atoms with Crippen LogP contribution in [-0.4, -0.2) is 30.3 Å². The van der Waals surface area contributed by atoms with Crippen molar-refractivity contribution >= 4 is 17.5 Å². The van der Waals surface area contributed by atoms with Gasteiger partial charge in [-0.3, -0.25) is 4.79 Å². The second-order valence-electron chi connectivity index (χ2n) is 4.40. The minimum Gasteiger partial charge on any atom is -0.493 e. The van der Waals surface area contributed by atoms with Crippen LogP contribution in [0, 0.1) is 0 Å². The minimum atomic E-state index is -0.317. The fraction of sp³-hybridized carbons (Fsp3) is 0.500. The number of ether oxygens (including phenoxy) is 1. The Hall–Kier alpha value is -1.26. The number of nitrogens with one attached hydrogen (secondary N) is 1. The molecule has 1 rings (SSSR count). The van der Waals surface area contributed by atoms with Gasteiger partial charge in [-0.15, -0.1) is 0 Å². The van der Waals surface area contributed by atoms with Crippen LogP contribution in [0.3, 0.4) is 0 Å². The van der Waals surface area contributed by atoms with Crippen LogP contribution in [0.4, 0.5) is 0 Å². The third-order valence-corrected chi connectivity index (χ3v) is 2.75. The summed E-state index contributed by atoms with van der Waals surface area (Å²) < 4.78 is 5.42. The van der Waals surface area contributed by atoms with Crippen molar-refractivity contribution in [3.63, 3.8) is 0 Å². The van der Waals surface area contributed by atoms with E-state index in [9.17, 15) is 4.79 Å². The summed E-state index contributed by atoms with van der Waals surface area (Å²) in [4.78, 5) is 11.5. The van der Waals surface area contributed by atoms with Crippen molar-refractivity contribution < 1.29 is 14.6 Å². The summed E-state index contributed by atoms with van der Waals surface area (Å²) in [5, 5.41) is 12.5. The first-order valence-electron chi connectivity index (χ1n) is 6.41. The van der Waals surface area contributed by atoms with E-state index in [0.717, 1.165) is 6.42 Å². The first kappa shape index (κ1) is 15.8. The van der Waals surface area contributed by atoms with Gasteiger partial charge in [0, 0.05) is 11.6 Å². The fourth-order valence-corrected chi connectivity index (χ4v) is 1.71. The maximum Gasteiger partial charge on any atom is 0.223 e. The Morgan fingerprint density at radius 3 is 3.00 bits per heavy atom. The topological polar surface area (TPSA) is 58.6 Å². The lowest BCUT2D eigenvalue weighted by Crippen LogP contribution is -2.26. The number of hydrogen-bond acceptors (Lipinski definition) is 3. The molecular formula is C14H20ClNO3. The van der Waals surface area contributed by atoms with Crippen LogP contribution < -0.4 is 10.1 Å². The number of halogens is 1. The van der Waals surface area contributed by atoms with Crippen molar-refractivity contribution in [2.24, 2.45) is 0 Å². The molecule has 0 aliphatic carbocycles. The van der Waals surface area contributed by atoms with Gasteiger partial charge in [-0.2, -0.15) is 0 Å². The highest BCUT2D eigenvalue weighted by Gasteiger charge is 2.02. The Morgan fingerprint density at radius 1 is 1.53 bits per heavy atom. The van der Waals surface area contributed by atoms with Crippen molar-refractivity contribution in [3.8, 4) is 5.75 Å². The summed E-state index contributed by atoms with van der Waals surface area (Å²) in [6.45, 7) is 2.64. The van der Waals surface area contributed by atoms with E-state index in [-0.39, 0.29) is 12.0 Å². The quantitative estimate of drug-likeness (QED) is 0.721. The zero-order chi connectivity index (χ0) is 14.1. The van der Waals surface area contributed by atoms with E-state index in [1.54, 1.807) is 31.2 Å². The van der Waals surface area contributed by atoms with Crippen molar-refractivity contribution in [1.82, 2.24) is 5.32 Å². The average molecular weight is 286 g/mol. The predicted molar refractivity (Wildman–Crippen MR) is 75.5 cm³/mol. The second-order valence-corrected chi connectivity index (χ2v) is 4.83. The highest BCUT2D eigenvalue weighted by Crippen LogP contribution is 2.17. The molecule has 0 radical (unpaired) electrons. The number of hydrogen-bond donors (Lipinski definition) is 2. The van der Waals surface area contributed by atoms with Crippen LogP contribution in [0.5, 0.6) is 5.75 Å². The molecular weight excluding hydrogens is 266 g/mol. The molecule has 0 aromatic heterocycles. The molecule has 106 valence electrons. The van der Waals surface area contributed by atoms with E-state index in [2.05, 4.69) is 5.32 Å². The molecule has 1 aromatic carbocycles. The van der Waals surface area contributed by atoms with E-state index >= 15 is 0 Å². The fourth-order valence-electron chi connectivity index (χ4n) is 1.53. The van der Waals surface area contributed by atoms with Gasteiger partial charge in [-0.05, 0) is 38.0 Å². The van der Waals surface area contributed by atoms with Crippen LogP contribution in [0.15, 0.2) is 24.3 Å². The van der Waals surface area contributed by atoms with Gasteiger partial charge in [-0.1, -0.05) is 17.7 Å². The molecule has 0 saturated carbocycles. The molecule has 1 atom stereocenters. The lowest BCUT2D eigenvalue weighted by molar-refractivity contribution is -0.121. The number of aliphatic hydroxyl groups is 1. The van der Waals surface area contributed by atoms with Gasteiger partial charge in [-0.25, -0.2) is 0 Å². The molecule has 0 fully saturated rings. The predicted octanol–water partition coefficient (Wildman–Crippen LogP) is 2.39. The normalized spacial score (nSPS) is 11.9. The van der Waals surface area contributed by atoms with Crippen LogP contribution in [0.2, 0.25) is 5.02 Å². The van der Waals surface area contributed by atoms with Crippen molar-refractivity contribution in [2.45, 2.75) is 32.3 Å². The molecule has 19 heavy (non-hydrogen) atoms. The average Bonchev–Trinajstić information content (AvgIpc) is 2.34. The molecule has 0 aliphatic rings. The number of carbonyl (C=O) groups is 1. The van der Waals surface area contributed by atoms with Crippen LogP contribution >= 0.6 is 11.6 Å². The van der Waals surface area contributed by atoms with Gasteiger partial charge >= 0.3 is 0 Å². The monoisotopic (exact) mass is 285 g/mol. The number of benzene rings is 1. The Balaban J connectivity index is 2.10. The molecule has 2 N–H and O–H groups in total. The first-order valence-corrected chi connectivity index (χ1v) is 6.79. The van der Waals surface area contributed by atoms with Crippen LogP contribution in [0.25, 0.3) is 0 Å². The van der Waals surface area contributed by atoms with Gasteiger partial charge in [0.05, 0.1) is 19.1 Å². The smallest absolute Gasteiger partial charge is 0.223 e. The second kappa shape index (κ2) is 8.77. The Labute approximate surface area is 118 Å². The molecule has 5 heteroatoms. The number of amides is 1. The molecule has 1 unspecified atom stereocenters. The minimum absolute atomic E-state index is 0.0485. The number of rotatable bonds is 8. The Morgan fingerprint density at radius 2 is 2.32 bits per heavy atom. The summed E-state index contributed by atoms with van der Waals surface area (Å²) in [6.07, 6.45) is 1.46. The van der Waals surface area contributed by atoms with E-state index < -0.39 is 0 Å². The summed E-state index contributed by atoms with van der Waals surface area (Å²) >= 11 is 5.82. The summed E-state index contributed by atoms with van der Waals surface area (Å²) in [7, 11) is 0. The maximum atomic E-state index is 11.5. The van der Waals surface area contributed by atoms with E-state index in [0.29, 0.717) is 36.8 Å². The van der Waals surface area contributed by atoms with Gasteiger partial charge in [0.25, 0.3) is 0 Å². The molecule has 0 bridgehead atoms. The van der Waals surface area contributed by atoms with Crippen LogP contribution in [-0.2, 0) is 4.79 Å². The molecule has 0 heterocycles.